The zero-order valence-corrected chi connectivity index (χ0v) is 18.0. The van der Waals surface area contributed by atoms with E-state index in [1.165, 1.54) is 6.07 Å². The number of hydrogen-bond acceptors (Lipinski definition) is 4. The number of para-hydroxylation sites is 1. The molecule has 1 aromatic heterocycles. The van der Waals surface area contributed by atoms with Gasteiger partial charge >= 0.3 is 0 Å². The van der Waals surface area contributed by atoms with Gasteiger partial charge in [-0.1, -0.05) is 49.4 Å². The molecular weight excluding hydrogens is 381 g/mol. The Bertz CT molecular complexity index is 956. The van der Waals surface area contributed by atoms with E-state index in [1.807, 2.05) is 37.3 Å². The van der Waals surface area contributed by atoms with Crippen molar-refractivity contribution >= 4 is 0 Å². The molecule has 0 fully saturated rings. The summed E-state index contributed by atoms with van der Waals surface area (Å²) in [5.74, 6) is 0.231. The second kappa shape index (κ2) is 9.87. The summed E-state index contributed by atoms with van der Waals surface area (Å²) in [5.41, 5.74) is 2.62. The first-order chi connectivity index (χ1) is 14.4. The normalized spacial score (nSPS) is 12.5. The van der Waals surface area contributed by atoms with Crippen molar-refractivity contribution in [1.82, 2.24) is 14.7 Å². The van der Waals surface area contributed by atoms with Crippen molar-refractivity contribution in [2.45, 2.75) is 45.9 Å². The summed E-state index contributed by atoms with van der Waals surface area (Å²) in [5, 5.41) is 14.9. The number of benzene rings is 2. The van der Waals surface area contributed by atoms with Crippen molar-refractivity contribution in [2.24, 2.45) is 7.05 Å². The minimum absolute atomic E-state index is 0.158. The molecule has 1 atom stereocenters. The second-order valence-electron chi connectivity index (χ2n) is 7.74. The van der Waals surface area contributed by atoms with Gasteiger partial charge in [-0.25, -0.2) is 9.07 Å². The molecule has 30 heavy (non-hydrogen) atoms. The molecule has 3 aromatic rings. The number of rotatable bonds is 9. The lowest BCUT2D eigenvalue weighted by atomic mass is 10.1. The van der Waals surface area contributed by atoms with Crippen LogP contribution in [-0.2, 0) is 13.6 Å². The van der Waals surface area contributed by atoms with Crippen LogP contribution >= 0.6 is 0 Å². The van der Waals surface area contributed by atoms with Gasteiger partial charge < -0.3 is 9.84 Å². The quantitative estimate of drug-likeness (QED) is 0.538. The maximum absolute atomic E-state index is 14.3. The molecule has 0 radical (unpaired) electrons. The molecule has 0 aliphatic rings. The Morgan fingerprint density at radius 2 is 1.77 bits per heavy atom. The standard InChI is InChI=1S/C24H30FN3O2/c1-5-19(29)15-28(17(2)3)16-20-23(18-11-7-6-8-12-18)26-27(4)24(20)30-22-14-10-9-13-21(22)25/h6-14,17,19,29H,5,15-16H2,1-4H3/t19-/m1/s1. The topological polar surface area (TPSA) is 50.5 Å². The lowest BCUT2D eigenvalue weighted by Gasteiger charge is -2.28. The van der Waals surface area contributed by atoms with Gasteiger partial charge in [0.2, 0.25) is 5.88 Å². The summed E-state index contributed by atoms with van der Waals surface area (Å²) in [4.78, 5) is 2.19. The Kier molecular flexibility index (Phi) is 7.24. The zero-order chi connectivity index (χ0) is 21.7. The average Bonchev–Trinajstić information content (AvgIpc) is 3.05. The van der Waals surface area contributed by atoms with Gasteiger partial charge in [0.1, 0.15) is 5.69 Å². The summed E-state index contributed by atoms with van der Waals surface area (Å²) in [6.07, 6.45) is 0.264. The van der Waals surface area contributed by atoms with Gasteiger partial charge in [-0.2, -0.15) is 5.10 Å². The van der Waals surface area contributed by atoms with E-state index in [-0.39, 0.29) is 11.8 Å². The molecule has 160 valence electrons. The van der Waals surface area contributed by atoms with Gasteiger partial charge in [-0.15, -0.1) is 0 Å². The SMILES string of the molecule is CC[C@@H](O)CN(Cc1c(-c2ccccc2)nn(C)c1Oc1ccccc1F)C(C)C. The number of hydrogen-bond donors (Lipinski definition) is 1. The first-order valence-electron chi connectivity index (χ1n) is 10.4. The van der Waals surface area contributed by atoms with E-state index in [9.17, 15) is 9.50 Å². The third kappa shape index (κ3) is 5.07. The monoisotopic (exact) mass is 411 g/mol. The molecule has 2 aromatic carbocycles. The van der Waals surface area contributed by atoms with Gasteiger partial charge in [0.25, 0.3) is 0 Å². The van der Waals surface area contributed by atoms with E-state index < -0.39 is 11.9 Å². The molecule has 0 bridgehead atoms. The van der Waals surface area contributed by atoms with Crippen molar-refractivity contribution in [2.75, 3.05) is 6.54 Å². The van der Waals surface area contributed by atoms with Crippen LogP contribution in [0.25, 0.3) is 11.3 Å². The number of halogens is 1. The van der Waals surface area contributed by atoms with E-state index in [2.05, 4.69) is 18.7 Å². The van der Waals surface area contributed by atoms with Crippen LogP contribution in [0.1, 0.15) is 32.8 Å². The lowest BCUT2D eigenvalue weighted by molar-refractivity contribution is 0.0877. The van der Waals surface area contributed by atoms with Gasteiger partial charge in [0, 0.05) is 31.7 Å². The number of aliphatic hydroxyl groups excluding tert-OH is 1. The molecule has 5 nitrogen and oxygen atoms in total. The Balaban J connectivity index is 2.06. The highest BCUT2D eigenvalue weighted by Gasteiger charge is 2.24. The fraction of sp³-hybridized carbons (Fsp3) is 0.375. The third-order valence-corrected chi connectivity index (χ3v) is 5.19. The minimum Gasteiger partial charge on any atom is -0.436 e. The van der Waals surface area contributed by atoms with Crippen LogP contribution in [0.15, 0.2) is 54.6 Å². The maximum atomic E-state index is 14.3. The Hall–Kier alpha value is -2.70. The summed E-state index contributed by atoms with van der Waals surface area (Å²) < 4.78 is 22.0. The van der Waals surface area contributed by atoms with Crippen LogP contribution in [-0.4, -0.2) is 38.5 Å². The third-order valence-electron chi connectivity index (χ3n) is 5.19. The molecule has 1 heterocycles. The predicted molar refractivity (Wildman–Crippen MR) is 117 cm³/mol. The van der Waals surface area contributed by atoms with Crippen molar-refractivity contribution in [3.8, 4) is 22.9 Å². The van der Waals surface area contributed by atoms with E-state index >= 15 is 0 Å². The van der Waals surface area contributed by atoms with Crippen molar-refractivity contribution < 1.29 is 14.2 Å². The van der Waals surface area contributed by atoms with E-state index in [0.29, 0.717) is 25.4 Å². The zero-order valence-electron chi connectivity index (χ0n) is 18.0. The largest absolute Gasteiger partial charge is 0.436 e. The molecule has 0 spiro atoms. The molecule has 0 saturated heterocycles. The summed E-state index contributed by atoms with van der Waals surface area (Å²) >= 11 is 0. The van der Waals surface area contributed by atoms with Crippen LogP contribution in [0.3, 0.4) is 0 Å². The molecular formula is C24H30FN3O2. The first-order valence-corrected chi connectivity index (χ1v) is 10.4. The Labute approximate surface area is 177 Å². The molecule has 3 rings (SSSR count). The fourth-order valence-corrected chi connectivity index (χ4v) is 3.34. The van der Waals surface area contributed by atoms with Crippen molar-refractivity contribution in [3.63, 3.8) is 0 Å². The highest BCUT2D eigenvalue weighted by atomic mass is 19.1. The minimum atomic E-state index is -0.423. The van der Waals surface area contributed by atoms with E-state index in [4.69, 9.17) is 9.84 Å². The van der Waals surface area contributed by atoms with Crippen LogP contribution in [0, 0.1) is 5.82 Å². The van der Waals surface area contributed by atoms with Gasteiger partial charge in [0.15, 0.2) is 11.6 Å². The van der Waals surface area contributed by atoms with Gasteiger partial charge in [-0.3, -0.25) is 4.90 Å². The smallest absolute Gasteiger partial charge is 0.222 e. The summed E-state index contributed by atoms with van der Waals surface area (Å²) in [7, 11) is 1.80. The number of aliphatic hydroxyl groups is 1. The van der Waals surface area contributed by atoms with E-state index in [0.717, 1.165) is 16.8 Å². The van der Waals surface area contributed by atoms with Gasteiger partial charge in [0.05, 0.1) is 11.7 Å². The highest BCUT2D eigenvalue weighted by Crippen LogP contribution is 2.35. The molecule has 0 saturated carbocycles. The molecule has 6 heteroatoms. The number of aryl methyl sites for hydroxylation is 1. The van der Waals surface area contributed by atoms with Crippen LogP contribution in [0.5, 0.6) is 11.6 Å². The van der Waals surface area contributed by atoms with E-state index in [1.54, 1.807) is 29.9 Å². The molecule has 1 N–H and O–H groups in total. The molecule has 0 amide bonds. The number of ether oxygens (including phenoxy) is 1. The fourth-order valence-electron chi connectivity index (χ4n) is 3.34. The van der Waals surface area contributed by atoms with Crippen LogP contribution in [0.4, 0.5) is 4.39 Å². The van der Waals surface area contributed by atoms with Crippen molar-refractivity contribution in [3.05, 3.63) is 66.0 Å². The first kappa shape index (κ1) is 22.0. The number of aromatic nitrogens is 2. The lowest BCUT2D eigenvalue weighted by Crippen LogP contribution is -2.37. The average molecular weight is 412 g/mol. The summed E-state index contributed by atoms with van der Waals surface area (Å²) in [6.45, 7) is 7.22. The summed E-state index contributed by atoms with van der Waals surface area (Å²) in [6, 6.07) is 16.4. The number of nitrogens with zero attached hydrogens (tertiary/aromatic N) is 3. The van der Waals surface area contributed by atoms with Crippen LogP contribution < -0.4 is 4.74 Å². The predicted octanol–water partition coefficient (Wildman–Crippen LogP) is 5.00. The molecule has 0 aliphatic heterocycles. The molecule has 0 aliphatic carbocycles. The van der Waals surface area contributed by atoms with Crippen LogP contribution in [0.2, 0.25) is 0 Å². The second-order valence-corrected chi connectivity index (χ2v) is 7.74. The Morgan fingerprint density at radius 1 is 1.10 bits per heavy atom. The highest BCUT2D eigenvalue weighted by molar-refractivity contribution is 5.65. The maximum Gasteiger partial charge on any atom is 0.222 e. The van der Waals surface area contributed by atoms with Gasteiger partial charge in [-0.05, 0) is 32.4 Å². The van der Waals surface area contributed by atoms with Crippen molar-refractivity contribution in [1.29, 1.82) is 0 Å². The Morgan fingerprint density at radius 3 is 2.40 bits per heavy atom. The molecule has 0 unspecified atom stereocenters.